The second-order valence-electron chi connectivity index (χ2n) is 13.0. The Morgan fingerprint density at radius 2 is 1.35 bits per heavy atom. The predicted octanol–water partition coefficient (Wildman–Crippen LogP) is 11.2. The van der Waals surface area contributed by atoms with Gasteiger partial charge in [-0.05, 0) is 94.7 Å². The fraction of sp³-hybridized carbons (Fsp3) is 0.0930. The van der Waals surface area contributed by atoms with Gasteiger partial charge >= 0.3 is 0 Å². The van der Waals surface area contributed by atoms with Crippen molar-refractivity contribution in [1.82, 2.24) is 14.5 Å². The minimum Gasteiger partial charge on any atom is -0.353 e. The van der Waals surface area contributed by atoms with E-state index < -0.39 is 0 Å². The average molecular weight is 592 g/mol. The summed E-state index contributed by atoms with van der Waals surface area (Å²) in [6, 6.07) is 50.4. The average Bonchev–Trinajstić information content (AvgIpc) is 3.54. The van der Waals surface area contributed by atoms with Crippen LogP contribution in [-0.4, -0.2) is 14.5 Å². The molecule has 1 N–H and O–H groups in total. The molecule has 220 valence electrons. The molecule has 0 spiro atoms. The minimum atomic E-state index is -0.0497. The summed E-state index contributed by atoms with van der Waals surface area (Å²) in [7, 11) is 0. The number of hydrogen-bond acceptors (Lipinski definition) is 1. The summed E-state index contributed by atoms with van der Waals surface area (Å²) in [5, 5.41) is 3.69. The monoisotopic (exact) mass is 591 g/mol. The molecule has 0 aliphatic heterocycles. The highest BCUT2D eigenvalue weighted by Gasteiger charge is 2.36. The quantitative estimate of drug-likeness (QED) is 0.213. The van der Waals surface area contributed by atoms with Crippen molar-refractivity contribution in [2.75, 3.05) is 0 Å². The Bertz CT molecular complexity index is 2580. The molecule has 1 aliphatic carbocycles. The van der Waals surface area contributed by atoms with Gasteiger partial charge in [0, 0.05) is 33.0 Å². The third kappa shape index (κ3) is 3.95. The first kappa shape index (κ1) is 26.7. The molecule has 0 atom stereocenters. The number of H-pyrrole nitrogens is 1. The second-order valence-corrected chi connectivity index (χ2v) is 13.0. The number of aromatic amines is 1. The lowest BCUT2D eigenvalue weighted by atomic mass is 9.82. The minimum absolute atomic E-state index is 0.0497. The van der Waals surface area contributed by atoms with E-state index in [1.807, 2.05) is 0 Å². The first-order valence-corrected chi connectivity index (χ1v) is 16.0. The van der Waals surface area contributed by atoms with Gasteiger partial charge in [-0.3, -0.25) is 0 Å². The number of para-hydroxylation sites is 4. The molecule has 9 rings (SSSR count). The molecule has 8 aromatic rings. The van der Waals surface area contributed by atoms with Crippen molar-refractivity contribution in [3.63, 3.8) is 0 Å². The molecule has 0 saturated carbocycles. The fourth-order valence-corrected chi connectivity index (χ4v) is 7.59. The molecule has 46 heavy (non-hydrogen) atoms. The summed E-state index contributed by atoms with van der Waals surface area (Å²) in [4.78, 5) is 8.93. The summed E-state index contributed by atoms with van der Waals surface area (Å²) in [5.74, 6) is 0. The van der Waals surface area contributed by atoms with E-state index in [9.17, 15) is 0 Å². The summed E-state index contributed by atoms with van der Waals surface area (Å²) in [5.41, 5.74) is 15.1. The Hall–Kier alpha value is -5.67. The summed E-state index contributed by atoms with van der Waals surface area (Å²) >= 11 is 0. The third-order valence-electron chi connectivity index (χ3n) is 9.87. The van der Waals surface area contributed by atoms with Gasteiger partial charge in [0.15, 0.2) is 0 Å². The van der Waals surface area contributed by atoms with Crippen LogP contribution in [0.1, 0.15) is 30.5 Å². The van der Waals surface area contributed by atoms with Crippen LogP contribution >= 0.6 is 0 Å². The van der Waals surface area contributed by atoms with Crippen molar-refractivity contribution in [3.8, 4) is 28.1 Å². The van der Waals surface area contributed by atoms with Crippen LogP contribution in [0.25, 0.3) is 71.8 Å². The number of nitrogens with one attached hydrogen (secondary N) is 1. The molecule has 3 heteroatoms. The van der Waals surface area contributed by atoms with E-state index in [1.165, 1.54) is 44.1 Å². The van der Waals surface area contributed by atoms with Crippen molar-refractivity contribution < 1.29 is 0 Å². The van der Waals surface area contributed by atoms with Gasteiger partial charge in [-0.25, -0.2) is 4.98 Å². The maximum absolute atomic E-state index is 5.31. The van der Waals surface area contributed by atoms with Gasteiger partial charge in [0.1, 0.15) is 0 Å². The van der Waals surface area contributed by atoms with E-state index in [-0.39, 0.29) is 5.41 Å². The Morgan fingerprint density at radius 1 is 0.587 bits per heavy atom. The van der Waals surface area contributed by atoms with Crippen LogP contribution in [0, 0.1) is 6.92 Å². The zero-order valence-corrected chi connectivity index (χ0v) is 26.2. The van der Waals surface area contributed by atoms with Crippen LogP contribution < -0.4 is 0 Å². The fourth-order valence-electron chi connectivity index (χ4n) is 7.59. The van der Waals surface area contributed by atoms with Gasteiger partial charge in [-0.1, -0.05) is 98.8 Å². The largest absolute Gasteiger partial charge is 0.353 e. The smallest absolute Gasteiger partial charge is 0.0872 e. The van der Waals surface area contributed by atoms with Gasteiger partial charge < -0.3 is 9.55 Å². The topological polar surface area (TPSA) is 33.6 Å². The van der Waals surface area contributed by atoms with Gasteiger partial charge in [0.2, 0.25) is 0 Å². The number of nitrogens with zero attached hydrogens (tertiary/aromatic N) is 2. The molecule has 0 radical (unpaired) electrons. The molecule has 0 unspecified atom stereocenters. The molecule has 0 amide bonds. The molecular formula is C43H33N3. The molecule has 2 aromatic heterocycles. The molecule has 3 nitrogen and oxygen atoms in total. The van der Waals surface area contributed by atoms with Crippen LogP contribution in [0.4, 0.5) is 0 Å². The lowest BCUT2D eigenvalue weighted by Gasteiger charge is -2.21. The molecule has 0 bridgehead atoms. The van der Waals surface area contributed by atoms with E-state index in [2.05, 4.69) is 170 Å². The van der Waals surface area contributed by atoms with Crippen LogP contribution in [0.15, 0.2) is 140 Å². The summed E-state index contributed by atoms with van der Waals surface area (Å²) in [6.07, 6.45) is 0. The summed E-state index contributed by atoms with van der Waals surface area (Å²) < 4.78 is 2.43. The number of hydrogen-bond donors (Lipinski definition) is 1. The Balaban J connectivity index is 1.32. The molecular weight excluding hydrogens is 558 g/mol. The first-order valence-electron chi connectivity index (χ1n) is 16.0. The third-order valence-corrected chi connectivity index (χ3v) is 9.87. The van der Waals surface area contributed by atoms with Crippen LogP contribution in [0.2, 0.25) is 0 Å². The van der Waals surface area contributed by atoms with E-state index in [0.29, 0.717) is 0 Å². The second kappa shape index (κ2) is 9.92. The van der Waals surface area contributed by atoms with Crippen molar-refractivity contribution in [3.05, 3.63) is 156 Å². The maximum Gasteiger partial charge on any atom is 0.0872 e. The van der Waals surface area contributed by atoms with Crippen LogP contribution in [0.5, 0.6) is 0 Å². The van der Waals surface area contributed by atoms with Gasteiger partial charge in [-0.15, -0.1) is 0 Å². The Morgan fingerprint density at radius 3 is 2.26 bits per heavy atom. The molecule has 1 aliphatic rings. The molecule has 2 heterocycles. The van der Waals surface area contributed by atoms with Crippen LogP contribution in [-0.2, 0) is 5.41 Å². The molecule has 6 aromatic carbocycles. The first-order chi connectivity index (χ1) is 22.5. The Kier molecular flexibility index (Phi) is 5.76. The van der Waals surface area contributed by atoms with Gasteiger partial charge in [0.25, 0.3) is 0 Å². The highest BCUT2D eigenvalue weighted by molar-refractivity contribution is 6.11. The maximum atomic E-state index is 5.31. The number of aryl methyl sites for hydroxylation is 1. The van der Waals surface area contributed by atoms with Gasteiger partial charge in [-0.2, -0.15) is 0 Å². The highest BCUT2D eigenvalue weighted by Crippen LogP contribution is 2.51. The van der Waals surface area contributed by atoms with Crippen LogP contribution in [0.3, 0.4) is 0 Å². The van der Waals surface area contributed by atoms with E-state index >= 15 is 0 Å². The SMILES string of the molecule is Cc1cc2ccccc2[nH]c2ccccc2nc1-c1cccc(-n2c3ccccc3c3cc4c(cc32)-c2ccccc2C4(C)C)c1. The standard InChI is InChI=1S/C43H33N3/c1-27-23-28-13-4-8-19-37(28)44-38-20-9-10-21-39(38)45-42(27)29-14-12-15-30(24-29)46-40-22-11-6-17-32(40)34-25-36-33(26-41(34)46)31-16-5-7-18-35(31)43(36,2)3/h4-26,44H,1-3H3. The van der Waals surface area contributed by atoms with Crippen molar-refractivity contribution >= 4 is 43.7 Å². The lowest BCUT2D eigenvalue weighted by molar-refractivity contribution is 0.661. The number of aromatic nitrogens is 3. The zero-order chi connectivity index (χ0) is 31.0. The van der Waals surface area contributed by atoms with E-state index in [0.717, 1.165) is 44.4 Å². The van der Waals surface area contributed by atoms with Crippen molar-refractivity contribution in [2.45, 2.75) is 26.2 Å². The number of fused-ring (bicyclic) bond motifs is 8. The highest BCUT2D eigenvalue weighted by atomic mass is 15.0. The Labute approximate surface area is 268 Å². The van der Waals surface area contributed by atoms with E-state index in [1.54, 1.807) is 0 Å². The summed E-state index contributed by atoms with van der Waals surface area (Å²) in [6.45, 7) is 6.87. The van der Waals surface area contributed by atoms with Gasteiger partial charge in [0.05, 0.1) is 27.8 Å². The predicted molar refractivity (Wildman–Crippen MR) is 193 cm³/mol. The zero-order valence-electron chi connectivity index (χ0n) is 26.2. The number of benzene rings is 6. The van der Waals surface area contributed by atoms with Crippen molar-refractivity contribution in [2.24, 2.45) is 0 Å². The normalized spacial score (nSPS) is 13.3. The van der Waals surface area contributed by atoms with Crippen molar-refractivity contribution in [1.29, 1.82) is 0 Å². The van der Waals surface area contributed by atoms with E-state index in [4.69, 9.17) is 4.98 Å². The lowest BCUT2D eigenvalue weighted by Crippen LogP contribution is -2.14. The number of rotatable bonds is 2. The molecule has 0 fully saturated rings. The molecule has 0 saturated heterocycles.